The minimum absolute atomic E-state index is 0.289. The Hall–Kier alpha value is -2.57. The van der Waals surface area contributed by atoms with E-state index in [-0.39, 0.29) is 12.4 Å². The number of nitrogens with zero attached hydrogens (tertiary/aromatic N) is 1. The van der Waals surface area contributed by atoms with Gasteiger partial charge in [-0.15, -0.1) is 11.8 Å². The molecular weight excluding hydrogens is 386 g/mol. The largest absolute Gasteiger partial charge is 0.454 e. The molecular formula is C20H16ClNO4S. The van der Waals surface area contributed by atoms with E-state index in [1.807, 2.05) is 25.1 Å². The molecule has 5 nitrogen and oxygen atoms in total. The number of esters is 1. The number of rotatable bonds is 7. The molecule has 2 aromatic carbocycles. The Kier molecular flexibility index (Phi) is 6.32. The first-order valence-corrected chi connectivity index (χ1v) is 9.49. The van der Waals surface area contributed by atoms with E-state index in [4.69, 9.17) is 20.9 Å². The van der Waals surface area contributed by atoms with Gasteiger partial charge >= 0.3 is 5.97 Å². The van der Waals surface area contributed by atoms with Crippen molar-refractivity contribution in [2.45, 2.75) is 17.6 Å². The number of carbonyl (C=O) groups is 2. The minimum atomic E-state index is -0.545. The summed E-state index contributed by atoms with van der Waals surface area (Å²) in [6.07, 6.45) is 0. The normalized spacial score (nSPS) is 10.6. The molecule has 27 heavy (non-hydrogen) atoms. The van der Waals surface area contributed by atoms with Crippen LogP contribution < -0.4 is 0 Å². The number of thioether (sulfide) groups is 1. The fourth-order valence-corrected chi connectivity index (χ4v) is 3.37. The predicted molar refractivity (Wildman–Crippen MR) is 103 cm³/mol. The number of halogens is 1. The number of carbonyl (C=O) groups excluding carboxylic acids is 2. The molecule has 7 heteroatoms. The van der Waals surface area contributed by atoms with E-state index in [0.29, 0.717) is 21.9 Å². The fraction of sp³-hybridized carbons (Fsp3) is 0.150. The maximum Gasteiger partial charge on any atom is 0.339 e. The quantitative estimate of drug-likeness (QED) is 0.316. The van der Waals surface area contributed by atoms with Gasteiger partial charge in [0.05, 0.1) is 11.3 Å². The summed E-state index contributed by atoms with van der Waals surface area (Å²) >= 11 is 7.26. The summed E-state index contributed by atoms with van der Waals surface area (Å²) in [5.41, 5.74) is 1.64. The number of aromatic nitrogens is 1. The maximum atomic E-state index is 12.4. The summed E-state index contributed by atoms with van der Waals surface area (Å²) in [5, 5.41) is 4.48. The summed E-state index contributed by atoms with van der Waals surface area (Å²) in [5.74, 6) is 0.463. The Balaban J connectivity index is 1.62. The van der Waals surface area contributed by atoms with Crippen molar-refractivity contribution in [1.29, 1.82) is 0 Å². The smallest absolute Gasteiger partial charge is 0.339 e. The molecule has 0 unspecified atom stereocenters. The highest BCUT2D eigenvalue weighted by molar-refractivity contribution is 7.98. The lowest BCUT2D eigenvalue weighted by molar-refractivity contribution is 0.0471. The van der Waals surface area contributed by atoms with Crippen molar-refractivity contribution < 1.29 is 18.8 Å². The van der Waals surface area contributed by atoms with Gasteiger partial charge in [0.15, 0.2) is 12.4 Å². The van der Waals surface area contributed by atoms with Gasteiger partial charge in [-0.3, -0.25) is 4.79 Å². The Bertz CT molecular complexity index is 953. The number of Topliss-reactive ketones (excluding diaryl/α,β-unsaturated/α-hetero) is 1. The average molecular weight is 402 g/mol. The third-order valence-electron chi connectivity index (χ3n) is 3.66. The molecule has 0 spiro atoms. The molecule has 3 rings (SSSR count). The molecule has 0 aliphatic heterocycles. The molecule has 0 bridgehead atoms. The summed E-state index contributed by atoms with van der Waals surface area (Å²) in [6.45, 7) is 1.49. The molecule has 0 fully saturated rings. The van der Waals surface area contributed by atoms with E-state index in [9.17, 15) is 9.59 Å². The maximum absolute atomic E-state index is 12.4. The monoisotopic (exact) mass is 401 g/mol. The van der Waals surface area contributed by atoms with Crippen LogP contribution in [0, 0.1) is 6.92 Å². The van der Waals surface area contributed by atoms with Gasteiger partial charge in [-0.05, 0) is 43.3 Å². The molecule has 0 atom stereocenters. The lowest BCUT2D eigenvalue weighted by Crippen LogP contribution is -2.14. The molecule has 0 amide bonds. The van der Waals surface area contributed by atoms with Crippen molar-refractivity contribution in [3.63, 3.8) is 0 Å². The third-order valence-corrected chi connectivity index (χ3v) is 5.02. The number of benzene rings is 2. The summed E-state index contributed by atoms with van der Waals surface area (Å²) in [7, 11) is 0. The number of ketones is 1. The standard InChI is InChI=1S/C20H16ClNO4S/c1-13-10-16(22-26-13)12-27-19-5-3-2-4-17(19)20(24)25-11-18(23)14-6-8-15(21)9-7-14/h2-10H,11-12H2,1H3. The highest BCUT2D eigenvalue weighted by Gasteiger charge is 2.16. The Morgan fingerprint density at radius 3 is 2.59 bits per heavy atom. The van der Waals surface area contributed by atoms with Crippen molar-refractivity contribution in [2.75, 3.05) is 6.61 Å². The Morgan fingerprint density at radius 2 is 1.89 bits per heavy atom. The lowest BCUT2D eigenvalue weighted by atomic mass is 10.1. The zero-order valence-corrected chi connectivity index (χ0v) is 16.0. The molecule has 1 aromatic heterocycles. The number of hydrogen-bond donors (Lipinski definition) is 0. The molecule has 1 heterocycles. The fourth-order valence-electron chi connectivity index (χ4n) is 2.33. The van der Waals surface area contributed by atoms with Crippen LogP contribution in [0.15, 0.2) is 64.0 Å². The van der Waals surface area contributed by atoms with Crippen LogP contribution in [0.3, 0.4) is 0 Å². The highest BCUT2D eigenvalue weighted by atomic mass is 35.5. The molecule has 0 aliphatic carbocycles. The van der Waals surface area contributed by atoms with Gasteiger partial charge in [-0.1, -0.05) is 28.9 Å². The van der Waals surface area contributed by atoms with Crippen LogP contribution in [0.1, 0.15) is 32.2 Å². The van der Waals surface area contributed by atoms with E-state index >= 15 is 0 Å². The zero-order valence-electron chi connectivity index (χ0n) is 14.5. The second-order valence-corrected chi connectivity index (χ2v) is 7.17. The summed E-state index contributed by atoms with van der Waals surface area (Å²) in [4.78, 5) is 25.3. The van der Waals surface area contributed by atoms with E-state index < -0.39 is 5.97 Å². The number of hydrogen-bond acceptors (Lipinski definition) is 6. The van der Waals surface area contributed by atoms with Crippen molar-refractivity contribution in [3.8, 4) is 0 Å². The van der Waals surface area contributed by atoms with Gasteiger partial charge in [0.25, 0.3) is 0 Å². The van der Waals surface area contributed by atoms with Crippen LogP contribution in [-0.4, -0.2) is 23.5 Å². The summed E-state index contributed by atoms with van der Waals surface area (Å²) < 4.78 is 10.2. The number of ether oxygens (including phenoxy) is 1. The van der Waals surface area contributed by atoms with Crippen LogP contribution in [-0.2, 0) is 10.5 Å². The predicted octanol–water partition coefficient (Wildman–Crippen LogP) is 4.97. The third kappa shape index (κ3) is 5.21. The van der Waals surface area contributed by atoms with E-state index in [0.717, 1.165) is 16.3 Å². The number of aryl methyl sites for hydroxylation is 1. The first-order chi connectivity index (χ1) is 13.0. The lowest BCUT2D eigenvalue weighted by Gasteiger charge is -2.08. The highest BCUT2D eigenvalue weighted by Crippen LogP contribution is 2.26. The van der Waals surface area contributed by atoms with E-state index in [1.165, 1.54) is 11.8 Å². The minimum Gasteiger partial charge on any atom is -0.454 e. The Morgan fingerprint density at radius 1 is 1.15 bits per heavy atom. The zero-order chi connectivity index (χ0) is 19.2. The second-order valence-electron chi connectivity index (χ2n) is 5.72. The van der Waals surface area contributed by atoms with Crippen LogP contribution in [0.4, 0.5) is 0 Å². The van der Waals surface area contributed by atoms with Crippen LogP contribution in [0.2, 0.25) is 5.02 Å². The van der Waals surface area contributed by atoms with Gasteiger partial charge in [-0.2, -0.15) is 0 Å². The molecule has 0 aliphatic rings. The van der Waals surface area contributed by atoms with Crippen molar-refractivity contribution in [2.24, 2.45) is 0 Å². The first kappa shape index (κ1) is 19.2. The first-order valence-electron chi connectivity index (χ1n) is 8.13. The van der Waals surface area contributed by atoms with Crippen LogP contribution in [0.5, 0.6) is 0 Å². The molecule has 0 radical (unpaired) electrons. The average Bonchev–Trinajstić information content (AvgIpc) is 3.10. The molecule has 3 aromatic rings. The second kappa shape index (κ2) is 8.88. The van der Waals surface area contributed by atoms with Crippen molar-refractivity contribution >= 4 is 35.1 Å². The van der Waals surface area contributed by atoms with Crippen LogP contribution in [0.25, 0.3) is 0 Å². The molecule has 0 saturated heterocycles. The van der Waals surface area contributed by atoms with Gasteiger partial charge in [-0.25, -0.2) is 4.79 Å². The van der Waals surface area contributed by atoms with E-state index in [2.05, 4.69) is 5.16 Å². The van der Waals surface area contributed by atoms with Gasteiger partial charge in [0.1, 0.15) is 5.76 Å². The van der Waals surface area contributed by atoms with Crippen molar-refractivity contribution in [1.82, 2.24) is 5.16 Å². The SMILES string of the molecule is Cc1cc(CSc2ccccc2C(=O)OCC(=O)c2ccc(Cl)cc2)no1. The Labute approximate surface area is 165 Å². The van der Waals surface area contributed by atoms with E-state index in [1.54, 1.807) is 36.4 Å². The topological polar surface area (TPSA) is 69.4 Å². The van der Waals surface area contributed by atoms with Gasteiger partial charge in [0.2, 0.25) is 0 Å². The van der Waals surface area contributed by atoms with Gasteiger partial charge in [0, 0.05) is 27.3 Å². The van der Waals surface area contributed by atoms with Crippen LogP contribution >= 0.6 is 23.4 Å². The van der Waals surface area contributed by atoms with Gasteiger partial charge < -0.3 is 9.26 Å². The molecule has 138 valence electrons. The molecule has 0 N–H and O–H groups in total. The molecule has 0 saturated carbocycles. The summed E-state index contributed by atoms with van der Waals surface area (Å²) in [6, 6.07) is 15.4. The van der Waals surface area contributed by atoms with Crippen molar-refractivity contribution in [3.05, 3.63) is 82.2 Å².